The molecular formula is C23H24ClN3O4S. The van der Waals surface area contributed by atoms with Gasteiger partial charge in [0.15, 0.2) is 5.17 Å². The normalized spacial score (nSPS) is 15.5. The zero-order chi connectivity index (χ0) is 23.1. The first kappa shape index (κ1) is 23.7. The molecule has 0 radical (unpaired) electrons. The SMILES string of the molecule is CCOC(=O)C1=C(C)NC(SCC(=O)Nc2ccccc2Cl)=N[C@H]1c1ccccc1OC. The summed E-state index contributed by atoms with van der Waals surface area (Å²) in [6, 6.07) is 13.8. The summed E-state index contributed by atoms with van der Waals surface area (Å²) in [7, 11) is 1.57. The van der Waals surface area contributed by atoms with Gasteiger partial charge in [0, 0.05) is 11.3 Å². The van der Waals surface area contributed by atoms with Gasteiger partial charge in [-0.2, -0.15) is 0 Å². The molecule has 0 spiro atoms. The molecule has 3 rings (SSSR count). The lowest BCUT2D eigenvalue weighted by Crippen LogP contribution is -2.31. The van der Waals surface area contributed by atoms with Crippen molar-refractivity contribution in [1.82, 2.24) is 5.32 Å². The molecule has 0 fully saturated rings. The number of aliphatic imine (C=N–C) groups is 1. The van der Waals surface area contributed by atoms with Crippen molar-refractivity contribution in [3.05, 3.63) is 70.4 Å². The fourth-order valence-corrected chi connectivity index (χ4v) is 4.12. The summed E-state index contributed by atoms with van der Waals surface area (Å²) in [6.07, 6.45) is 0. The van der Waals surface area contributed by atoms with Gasteiger partial charge in [0.25, 0.3) is 0 Å². The molecule has 1 heterocycles. The molecule has 0 saturated heterocycles. The van der Waals surface area contributed by atoms with Crippen molar-refractivity contribution in [2.24, 2.45) is 4.99 Å². The second kappa shape index (κ2) is 11.1. The molecule has 0 aromatic heterocycles. The van der Waals surface area contributed by atoms with Gasteiger partial charge in [-0.3, -0.25) is 4.79 Å². The molecule has 1 aliphatic heterocycles. The fraction of sp³-hybridized carbons (Fsp3) is 0.261. The fourth-order valence-electron chi connectivity index (χ4n) is 3.19. The average Bonchev–Trinajstić information content (AvgIpc) is 2.79. The summed E-state index contributed by atoms with van der Waals surface area (Å²) in [5.41, 5.74) is 2.30. The van der Waals surface area contributed by atoms with E-state index in [1.54, 1.807) is 45.2 Å². The quantitative estimate of drug-likeness (QED) is 0.573. The Bertz CT molecular complexity index is 1070. The highest BCUT2D eigenvalue weighted by Crippen LogP contribution is 2.37. The number of para-hydroxylation sites is 2. The van der Waals surface area contributed by atoms with Gasteiger partial charge in [0.05, 0.1) is 35.8 Å². The maximum absolute atomic E-state index is 12.7. The van der Waals surface area contributed by atoms with Gasteiger partial charge in [-0.1, -0.05) is 53.7 Å². The second-order valence-corrected chi connectivity index (χ2v) is 8.15. The maximum atomic E-state index is 12.7. The summed E-state index contributed by atoms with van der Waals surface area (Å²) in [6.45, 7) is 3.79. The number of amidine groups is 1. The Morgan fingerprint density at radius 2 is 1.91 bits per heavy atom. The van der Waals surface area contributed by atoms with E-state index in [-0.39, 0.29) is 18.3 Å². The predicted octanol–water partition coefficient (Wildman–Crippen LogP) is 4.56. The van der Waals surface area contributed by atoms with Gasteiger partial charge in [-0.25, -0.2) is 9.79 Å². The molecule has 0 aliphatic carbocycles. The van der Waals surface area contributed by atoms with Crippen LogP contribution in [0.4, 0.5) is 5.69 Å². The van der Waals surface area contributed by atoms with Crippen LogP contribution in [-0.4, -0.2) is 36.5 Å². The number of allylic oxidation sites excluding steroid dienone is 1. The van der Waals surface area contributed by atoms with Crippen LogP contribution in [0, 0.1) is 0 Å². The lowest BCUT2D eigenvalue weighted by Gasteiger charge is -2.26. The maximum Gasteiger partial charge on any atom is 0.338 e. The largest absolute Gasteiger partial charge is 0.496 e. The highest BCUT2D eigenvalue weighted by Gasteiger charge is 2.32. The Hall–Kier alpha value is -2.97. The molecule has 2 aromatic rings. The third-order valence-electron chi connectivity index (χ3n) is 4.64. The molecule has 1 amide bonds. The molecule has 9 heteroatoms. The predicted molar refractivity (Wildman–Crippen MR) is 128 cm³/mol. The Balaban J connectivity index is 1.82. The van der Waals surface area contributed by atoms with Crippen molar-refractivity contribution in [2.45, 2.75) is 19.9 Å². The summed E-state index contributed by atoms with van der Waals surface area (Å²) >= 11 is 7.33. The summed E-state index contributed by atoms with van der Waals surface area (Å²) < 4.78 is 10.7. The van der Waals surface area contributed by atoms with Gasteiger partial charge in [0.1, 0.15) is 11.8 Å². The number of amides is 1. The lowest BCUT2D eigenvalue weighted by atomic mass is 9.96. The van der Waals surface area contributed by atoms with Crippen LogP contribution in [0.5, 0.6) is 5.75 Å². The number of hydrogen-bond donors (Lipinski definition) is 2. The Kier molecular flexibility index (Phi) is 8.19. The third kappa shape index (κ3) is 5.63. The number of nitrogens with zero attached hydrogens (tertiary/aromatic N) is 1. The molecule has 2 N–H and O–H groups in total. The summed E-state index contributed by atoms with van der Waals surface area (Å²) in [4.78, 5) is 29.8. The summed E-state index contributed by atoms with van der Waals surface area (Å²) in [5.74, 6) is 0.0491. The second-order valence-electron chi connectivity index (χ2n) is 6.78. The van der Waals surface area contributed by atoms with Gasteiger partial charge in [0.2, 0.25) is 5.91 Å². The van der Waals surface area contributed by atoms with Crippen molar-refractivity contribution in [3.63, 3.8) is 0 Å². The zero-order valence-corrected chi connectivity index (χ0v) is 19.5. The van der Waals surface area contributed by atoms with E-state index in [0.717, 1.165) is 5.56 Å². The van der Waals surface area contributed by atoms with Crippen LogP contribution >= 0.6 is 23.4 Å². The molecule has 1 aliphatic rings. The number of esters is 1. The standard InChI is InChI=1S/C23H24ClN3O4S/c1-4-31-22(29)20-14(2)25-23(27-21(20)15-9-5-8-12-18(15)30-3)32-13-19(28)26-17-11-7-6-10-16(17)24/h5-12,21H,4,13H2,1-3H3,(H,25,27)(H,26,28)/t21-/m0/s1. The van der Waals surface area contributed by atoms with Crippen LogP contribution in [0.1, 0.15) is 25.5 Å². The van der Waals surface area contributed by atoms with Crippen LogP contribution in [0.3, 0.4) is 0 Å². The topological polar surface area (TPSA) is 89.0 Å². The Morgan fingerprint density at radius 1 is 1.19 bits per heavy atom. The number of hydrogen-bond acceptors (Lipinski definition) is 7. The first-order valence-electron chi connectivity index (χ1n) is 9.97. The molecule has 0 saturated carbocycles. The molecule has 0 bridgehead atoms. The van der Waals surface area contributed by atoms with Crippen LogP contribution in [0.25, 0.3) is 0 Å². The van der Waals surface area contributed by atoms with E-state index < -0.39 is 12.0 Å². The Labute approximate surface area is 196 Å². The molecule has 7 nitrogen and oxygen atoms in total. The average molecular weight is 474 g/mol. The van der Waals surface area contributed by atoms with Crippen LogP contribution < -0.4 is 15.4 Å². The molecule has 1 atom stereocenters. The van der Waals surface area contributed by atoms with E-state index in [1.807, 2.05) is 24.3 Å². The van der Waals surface area contributed by atoms with E-state index in [2.05, 4.69) is 10.6 Å². The molecule has 32 heavy (non-hydrogen) atoms. The number of methoxy groups -OCH3 is 1. The number of ether oxygens (including phenoxy) is 2. The molecule has 0 unspecified atom stereocenters. The third-order valence-corrected chi connectivity index (χ3v) is 5.85. The van der Waals surface area contributed by atoms with Crippen LogP contribution in [0.2, 0.25) is 5.02 Å². The minimum absolute atomic E-state index is 0.109. The number of carbonyl (C=O) groups excluding carboxylic acids is 2. The monoisotopic (exact) mass is 473 g/mol. The molecule has 168 valence electrons. The number of carbonyl (C=O) groups is 2. The first-order chi connectivity index (χ1) is 15.4. The minimum Gasteiger partial charge on any atom is -0.496 e. The minimum atomic E-state index is -0.624. The number of thioether (sulfide) groups is 1. The van der Waals surface area contributed by atoms with E-state index >= 15 is 0 Å². The van der Waals surface area contributed by atoms with Gasteiger partial charge < -0.3 is 20.1 Å². The highest BCUT2D eigenvalue weighted by atomic mass is 35.5. The van der Waals surface area contributed by atoms with E-state index in [4.69, 9.17) is 26.1 Å². The first-order valence-corrected chi connectivity index (χ1v) is 11.3. The molecule has 2 aromatic carbocycles. The van der Waals surface area contributed by atoms with Crippen molar-refractivity contribution < 1.29 is 19.1 Å². The van der Waals surface area contributed by atoms with Crippen molar-refractivity contribution >= 4 is 46.1 Å². The number of anilines is 1. The van der Waals surface area contributed by atoms with Crippen molar-refractivity contribution in [1.29, 1.82) is 0 Å². The highest BCUT2D eigenvalue weighted by molar-refractivity contribution is 8.14. The van der Waals surface area contributed by atoms with Gasteiger partial charge in [-0.15, -0.1) is 0 Å². The number of halogens is 1. The van der Waals surface area contributed by atoms with E-state index in [0.29, 0.717) is 32.9 Å². The lowest BCUT2D eigenvalue weighted by molar-refractivity contribution is -0.139. The van der Waals surface area contributed by atoms with Crippen LogP contribution in [-0.2, 0) is 14.3 Å². The summed E-state index contributed by atoms with van der Waals surface area (Å²) in [5, 5.41) is 6.88. The van der Waals surface area contributed by atoms with E-state index in [1.165, 1.54) is 11.8 Å². The van der Waals surface area contributed by atoms with Crippen molar-refractivity contribution in [3.8, 4) is 5.75 Å². The number of nitrogens with one attached hydrogen (secondary N) is 2. The van der Waals surface area contributed by atoms with Crippen molar-refractivity contribution in [2.75, 3.05) is 24.8 Å². The number of benzene rings is 2. The van der Waals surface area contributed by atoms with Gasteiger partial charge >= 0.3 is 5.97 Å². The van der Waals surface area contributed by atoms with Crippen LogP contribution in [0.15, 0.2) is 64.8 Å². The zero-order valence-electron chi connectivity index (χ0n) is 18.0. The van der Waals surface area contributed by atoms with Gasteiger partial charge in [-0.05, 0) is 32.0 Å². The van der Waals surface area contributed by atoms with E-state index in [9.17, 15) is 9.59 Å². The number of rotatable bonds is 7. The smallest absolute Gasteiger partial charge is 0.338 e. The Morgan fingerprint density at radius 3 is 2.62 bits per heavy atom. The molecular weight excluding hydrogens is 450 g/mol.